The standard InChI is InChI=1S/C14H14F3N5O2/c1-9-20-5-7-22(9)6-3-12(18)21-24-13(23)10-8-19-4-2-11(10)14(15,16)17/h2,4-5,7-8H,3,6H2,1H3,(H2,18,21). The van der Waals surface area contributed by atoms with Gasteiger partial charge in [-0.3, -0.25) is 4.98 Å². The topological polar surface area (TPSA) is 95.4 Å². The number of nitrogens with zero attached hydrogens (tertiary/aromatic N) is 4. The van der Waals surface area contributed by atoms with Crippen LogP contribution < -0.4 is 5.73 Å². The second kappa shape index (κ2) is 7.11. The van der Waals surface area contributed by atoms with Crippen LogP contribution in [0.15, 0.2) is 36.0 Å². The number of pyridine rings is 1. The van der Waals surface area contributed by atoms with E-state index in [-0.39, 0.29) is 12.3 Å². The van der Waals surface area contributed by atoms with Crippen LogP contribution in [0.2, 0.25) is 0 Å². The minimum atomic E-state index is -4.70. The number of hydrogen-bond donors (Lipinski definition) is 1. The Hall–Kier alpha value is -2.91. The van der Waals surface area contributed by atoms with Gasteiger partial charge in [-0.1, -0.05) is 5.16 Å². The second-order valence-corrected chi connectivity index (χ2v) is 4.80. The lowest BCUT2D eigenvalue weighted by atomic mass is 10.1. The molecule has 0 aromatic carbocycles. The molecule has 0 aliphatic rings. The first-order chi connectivity index (χ1) is 11.3. The Morgan fingerprint density at radius 2 is 2.17 bits per heavy atom. The minimum absolute atomic E-state index is 0.0334. The monoisotopic (exact) mass is 341 g/mol. The van der Waals surface area contributed by atoms with Crippen LogP contribution in [0.3, 0.4) is 0 Å². The first-order valence-corrected chi connectivity index (χ1v) is 6.81. The SMILES string of the molecule is Cc1nccn1CC/C(N)=N\OC(=O)c1cnccc1C(F)(F)F. The lowest BCUT2D eigenvalue weighted by Gasteiger charge is -2.10. The van der Waals surface area contributed by atoms with Crippen LogP contribution in [0.4, 0.5) is 13.2 Å². The maximum Gasteiger partial charge on any atom is 0.417 e. The van der Waals surface area contributed by atoms with Crippen LogP contribution in [-0.4, -0.2) is 26.3 Å². The summed E-state index contributed by atoms with van der Waals surface area (Å²) in [6, 6.07) is 0.686. The van der Waals surface area contributed by atoms with Crippen molar-refractivity contribution in [3.05, 3.63) is 47.8 Å². The fourth-order valence-electron chi connectivity index (χ4n) is 1.87. The lowest BCUT2D eigenvalue weighted by molar-refractivity contribution is -0.138. The molecule has 0 saturated carbocycles. The smallest absolute Gasteiger partial charge is 0.384 e. The van der Waals surface area contributed by atoms with Gasteiger partial charge in [0.05, 0.1) is 11.1 Å². The number of rotatable bonds is 5. The van der Waals surface area contributed by atoms with Crippen molar-refractivity contribution >= 4 is 11.8 Å². The quantitative estimate of drug-likeness (QED) is 0.389. The zero-order valence-corrected chi connectivity index (χ0v) is 12.6. The first-order valence-electron chi connectivity index (χ1n) is 6.81. The summed E-state index contributed by atoms with van der Waals surface area (Å²) in [6.07, 6.45) is 0.592. The molecule has 0 aliphatic carbocycles. The number of imidazole rings is 1. The van der Waals surface area contributed by atoms with Crippen molar-refractivity contribution in [1.82, 2.24) is 14.5 Å². The zero-order chi connectivity index (χ0) is 17.7. The Labute approximate surface area is 134 Å². The highest BCUT2D eigenvalue weighted by atomic mass is 19.4. The Bertz CT molecular complexity index is 755. The van der Waals surface area contributed by atoms with Gasteiger partial charge in [-0.2, -0.15) is 13.2 Å². The largest absolute Gasteiger partial charge is 0.417 e. The van der Waals surface area contributed by atoms with Gasteiger partial charge in [-0.25, -0.2) is 9.78 Å². The molecule has 128 valence electrons. The molecular weight excluding hydrogens is 327 g/mol. The van der Waals surface area contributed by atoms with E-state index >= 15 is 0 Å². The summed E-state index contributed by atoms with van der Waals surface area (Å²) in [7, 11) is 0. The Morgan fingerprint density at radius 1 is 1.42 bits per heavy atom. The summed E-state index contributed by atoms with van der Waals surface area (Å²) < 4.78 is 40.3. The van der Waals surface area contributed by atoms with E-state index in [9.17, 15) is 18.0 Å². The highest BCUT2D eigenvalue weighted by molar-refractivity contribution is 5.91. The summed E-state index contributed by atoms with van der Waals surface area (Å²) >= 11 is 0. The summed E-state index contributed by atoms with van der Waals surface area (Å²) in [6.45, 7) is 2.24. The van der Waals surface area contributed by atoms with Gasteiger partial charge >= 0.3 is 12.1 Å². The average molecular weight is 341 g/mol. The number of carbonyl (C=O) groups excluding carboxylic acids is 1. The minimum Gasteiger partial charge on any atom is -0.384 e. The maximum atomic E-state index is 12.8. The number of nitrogens with two attached hydrogens (primary N) is 1. The van der Waals surface area contributed by atoms with E-state index in [4.69, 9.17) is 5.73 Å². The Morgan fingerprint density at radius 3 is 2.79 bits per heavy atom. The van der Waals surface area contributed by atoms with Crippen LogP contribution in [0, 0.1) is 6.92 Å². The van der Waals surface area contributed by atoms with Gasteiger partial charge in [0.1, 0.15) is 11.7 Å². The molecule has 0 unspecified atom stereocenters. The van der Waals surface area contributed by atoms with E-state index in [1.54, 1.807) is 23.9 Å². The van der Waals surface area contributed by atoms with E-state index in [0.717, 1.165) is 18.2 Å². The normalized spacial score (nSPS) is 12.2. The molecule has 2 aromatic heterocycles. The van der Waals surface area contributed by atoms with Crippen LogP contribution >= 0.6 is 0 Å². The van der Waals surface area contributed by atoms with Crippen LogP contribution in [0.1, 0.15) is 28.2 Å². The number of hydrogen-bond acceptors (Lipinski definition) is 5. The average Bonchev–Trinajstić information content (AvgIpc) is 2.95. The molecule has 0 atom stereocenters. The zero-order valence-electron chi connectivity index (χ0n) is 12.6. The number of aromatic nitrogens is 3. The molecule has 0 bridgehead atoms. The first kappa shape index (κ1) is 17.4. The van der Waals surface area contributed by atoms with Gasteiger partial charge in [0, 0.05) is 37.8 Å². The lowest BCUT2D eigenvalue weighted by Crippen LogP contribution is -2.18. The number of aryl methyl sites for hydroxylation is 2. The highest BCUT2D eigenvalue weighted by Crippen LogP contribution is 2.31. The third-order valence-corrected chi connectivity index (χ3v) is 3.12. The maximum absolute atomic E-state index is 12.8. The second-order valence-electron chi connectivity index (χ2n) is 4.80. The van der Waals surface area contributed by atoms with E-state index in [1.165, 1.54) is 0 Å². The van der Waals surface area contributed by atoms with E-state index in [1.807, 2.05) is 0 Å². The van der Waals surface area contributed by atoms with Crippen molar-refractivity contribution < 1.29 is 22.8 Å². The summed E-state index contributed by atoms with van der Waals surface area (Å²) in [5, 5.41) is 3.37. The van der Waals surface area contributed by atoms with E-state index in [0.29, 0.717) is 12.6 Å². The third-order valence-electron chi connectivity index (χ3n) is 3.12. The van der Waals surface area contributed by atoms with Crippen molar-refractivity contribution in [3.63, 3.8) is 0 Å². The number of halogens is 3. The molecule has 0 radical (unpaired) electrons. The Balaban J connectivity index is 2.01. The molecule has 0 fully saturated rings. The van der Waals surface area contributed by atoms with Gasteiger partial charge in [0.25, 0.3) is 0 Å². The molecule has 10 heteroatoms. The van der Waals surface area contributed by atoms with Gasteiger partial charge in [-0.15, -0.1) is 0 Å². The van der Waals surface area contributed by atoms with Gasteiger partial charge in [0.15, 0.2) is 0 Å². The van der Waals surface area contributed by atoms with Crippen molar-refractivity contribution in [2.75, 3.05) is 0 Å². The molecule has 2 N–H and O–H groups in total. The molecule has 7 nitrogen and oxygen atoms in total. The predicted octanol–water partition coefficient (Wildman–Crippen LogP) is 2.12. The van der Waals surface area contributed by atoms with Crippen molar-refractivity contribution in [1.29, 1.82) is 0 Å². The number of carbonyl (C=O) groups is 1. The highest BCUT2D eigenvalue weighted by Gasteiger charge is 2.35. The molecular formula is C14H14F3N5O2. The predicted molar refractivity (Wildman–Crippen MR) is 77.9 cm³/mol. The van der Waals surface area contributed by atoms with Crippen LogP contribution in [-0.2, 0) is 17.6 Å². The fraction of sp³-hybridized carbons (Fsp3) is 0.286. The van der Waals surface area contributed by atoms with Crippen LogP contribution in [0.25, 0.3) is 0 Å². The Kier molecular flexibility index (Phi) is 5.17. The van der Waals surface area contributed by atoms with Gasteiger partial charge in [-0.05, 0) is 13.0 Å². The molecule has 0 amide bonds. The van der Waals surface area contributed by atoms with Crippen molar-refractivity contribution in [3.8, 4) is 0 Å². The molecule has 0 spiro atoms. The van der Waals surface area contributed by atoms with E-state index in [2.05, 4.69) is 20.0 Å². The number of oxime groups is 1. The van der Waals surface area contributed by atoms with Crippen LogP contribution in [0.5, 0.6) is 0 Å². The summed E-state index contributed by atoms with van der Waals surface area (Å²) in [5.74, 6) is -0.545. The summed E-state index contributed by atoms with van der Waals surface area (Å²) in [5.41, 5.74) is 3.71. The van der Waals surface area contributed by atoms with Gasteiger partial charge < -0.3 is 15.1 Å². The molecule has 2 heterocycles. The fourth-order valence-corrected chi connectivity index (χ4v) is 1.87. The van der Waals surface area contributed by atoms with E-state index < -0.39 is 23.3 Å². The van der Waals surface area contributed by atoms with Gasteiger partial charge in [0.2, 0.25) is 0 Å². The molecule has 2 aromatic rings. The molecule has 24 heavy (non-hydrogen) atoms. The number of amidine groups is 1. The number of alkyl halides is 3. The van der Waals surface area contributed by atoms with Crippen molar-refractivity contribution in [2.24, 2.45) is 10.9 Å². The molecule has 0 saturated heterocycles. The molecule has 2 rings (SSSR count). The molecule has 0 aliphatic heterocycles. The van der Waals surface area contributed by atoms with Crippen molar-refractivity contribution in [2.45, 2.75) is 26.1 Å². The summed E-state index contributed by atoms with van der Waals surface area (Å²) in [4.78, 5) is 23.8. The third kappa shape index (κ3) is 4.31.